The van der Waals surface area contributed by atoms with Crippen molar-refractivity contribution in [1.82, 2.24) is 4.90 Å². The van der Waals surface area contributed by atoms with E-state index in [2.05, 4.69) is 47.4 Å². The van der Waals surface area contributed by atoms with Crippen molar-refractivity contribution in [3.05, 3.63) is 83.4 Å². The van der Waals surface area contributed by atoms with Crippen molar-refractivity contribution < 1.29 is 19.0 Å². The van der Waals surface area contributed by atoms with Crippen LogP contribution < -0.4 is 19.1 Å². The van der Waals surface area contributed by atoms with Crippen LogP contribution in [0.15, 0.2) is 66.7 Å². The SMILES string of the molecule is O=C1N(CC2CCCCN(Cc3ccccc3)C2)c2ccccc2C12COc1cc3c(cc12)OCCO3. The lowest BCUT2D eigenvalue weighted by Gasteiger charge is -2.29. The van der Waals surface area contributed by atoms with Crippen molar-refractivity contribution in [3.63, 3.8) is 0 Å². The Morgan fingerprint density at radius 1 is 0.838 bits per heavy atom. The van der Waals surface area contributed by atoms with Gasteiger partial charge >= 0.3 is 0 Å². The highest BCUT2D eigenvalue weighted by molar-refractivity contribution is 6.11. The number of fused-ring (bicyclic) bond motifs is 5. The van der Waals surface area contributed by atoms with Crippen LogP contribution in [-0.2, 0) is 16.8 Å². The van der Waals surface area contributed by atoms with E-state index in [1.165, 1.54) is 18.4 Å². The smallest absolute Gasteiger partial charge is 0.245 e. The summed E-state index contributed by atoms with van der Waals surface area (Å²) in [4.78, 5) is 19.0. The second kappa shape index (κ2) is 9.10. The fourth-order valence-electron chi connectivity index (χ4n) is 6.60. The zero-order chi connectivity index (χ0) is 24.8. The molecule has 37 heavy (non-hydrogen) atoms. The zero-order valence-corrected chi connectivity index (χ0v) is 21.0. The van der Waals surface area contributed by atoms with Gasteiger partial charge in [0, 0.05) is 37.0 Å². The molecule has 3 aromatic rings. The lowest BCUT2D eigenvalue weighted by Crippen LogP contribution is -2.45. The molecule has 1 amide bonds. The molecule has 1 saturated heterocycles. The van der Waals surface area contributed by atoms with Crippen LogP contribution in [0.1, 0.15) is 36.0 Å². The van der Waals surface area contributed by atoms with Crippen LogP contribution in [0.2, 0.25) is 0 Å². The minimum atomic E-state index is -0.837. The van der Waals surface area contributed by atoms with Crippen molar-refractivity contribution in [2.75, 3.05) is 44.4 Å². The topological polar surface area (TPSA) is 51.2 Å². The molecule has 0 bridgehead atoms. The van der Waals surface area contributed by atoms with Crippen molar-refractivity contribution >= 4 is 11.6 Å². The number of para-hydroxylation sites is 1. The Hall–Kier alpha value is -3.51. The third-order valence-electron chi connectivity index (χ3n) is 8.36. The molecule has 1 spiro atoms. The first kappa shape index (κ1) is 22.7. The predicted molar refractivity (Wildman–Crippen MR) is 142 cm³/mol. The third-order valence-corrected chi connectivity index (χ3v) is 8.36. The lowest BCUT2D eigenvalue weighted by atomic mass is 9.77. The molecule has 0 saturated carbocycles. The van der Waals surface area contributed by atoms with Gasteiger partial charge in [0.1, 0.15) is 31.0 Å². The van der Waals surface area contributed by atoms with Crippen LogP contribution in [0, 0.1) is 5.92 Å². The van der Waals surface area contributed by atoms with E-state index in [4.69, 9.17) is 14.2 Å². The first-order valence-electron chi connectivity index (χ1n) is 13.5. The first-order valence-corrected chi connectivity index (χ1v) is 13.5. The van der Waals surface area contributed by atoms with Crippen molar-refractivity contribution in [3.8, 4) is 17.2 Å². The van der Waals surface area contributed by atoms with Gasteiger partial charge in [-0.25, -0.2) is 0 Å². The molecule has 190 valence electrons. The highest BCUT2D eigenvalue weighted by Crippen LogP contribution is 2.54. The number of amides is 1. The molecular weight excluding hydrogens is 464 g/mol. The Bertz CT molecular complexity index is 1330. The van der Waals surface area contributed by atoms with E-state index in [0.717, 1.165) is 55.2 Å². The normalized spacial score (nSPS) is 24.5. The lowest BCUT2D eigenvalue weighted by molar-refractivity contribution is -0.122. The van der Waals surface area contributed by atoms with E-state index in [1.54, 1.807) is 0 Å². The molecule has 7 rings (SSSR count). The summed E-state index contributed by atoms with van der Waals surface area (Å²) < 4.78 is 17.8. The summed E-state index contributed by atoms with van der Waals surface area (Å²) in [6.45, 7) is 5.13. The molecule has 2 atom stereocenters. The third kappa shape index (κ3) is 3.77. The van der Waals surface area contributed by atoms with Crippen LogP contribution in [0.5, 0.6) is 17.2 Å². The second-order valence-electron chi connectivity index (χ2n) is 10.7. The van der Waals surface area contributed by atoms with Crippen LogP contribution >= 0.6 is 0 Å². The molecule has 0 aromatic heterocycles. The standard InChI is InChI=1S/C31H32N2O4/c34-30-31(21-37-27-17-29-28(16-25(27)31)35-14-15-36-29)24-11-4-5-12-26(24)33(30)20-23-10-6-7-13-32(19-23)18-22-8-2-1-3-9-22/h1-5,8-9,11-12,16-17,23H,6-7,10,13-15,18-21H2. The van der Waals surface area contributed by atoms with E-state index < -0.39 is 5.41 Å². The Morgan fingerprint density at radius 2 is 1.62 bits per heavy atom. The second-order valence-corrected chi connectivity index (χ2v) is 10.7. The maximum Gasteiger partial charge on any atom is 0.245 e. The summed E-state index contributed by atoms with van der Waals surface area (Å²) >= 11 is 0. The Balaban J connectivity index is 1.19. The monoisotopic (exact) mass is 496 g/mol. The maximum atomic E-state index is 14.4. The Kier molecular flexibility index (Phi) is 5.58. The van der Waals surface area contributed by atoms with Gasteiger partial charge < -0.3 is 19.1 Å². The number of carbonyl (C=O) groups excluding carboxylic acids is 1. The Labute approximate surface area is 217 Å². The molecule has 6 heteroatoms. The van der Waals surface area contributed by atoms with Gasteiger partial charge in [0.25, 0.3) is 0 Å². The van der Waals surface area contributed by atoms with E-state index in [-0.39, 0.29) is 5.91 Å². The van der Waals surface area contributed by atoms with Crippen LogP contribution in [0.4, 0.5) is 5.69 Å². The van der Waals surface area contributed by atoms with E-state index in [1.807, 2.05) is 29.2 Å². The molecule has 3 aromatic carbocycles. The fraction of sp³-hybridized carbons (Fsp3) is 0.387. The van der Waals surface area contributed by atoms with Gasteiger partial charge in [0.2, 0.25) is 5.91 Å². The Morgan fingerprint density at radius 3 is 2.49 bits per heavy atom. The van der Waals surface area contributed by atoms with Gasteiger partial charge in [-0.2, -0.15) is 0 Å². The molecule has 0 aliphatic carbocycles. The molecule has 2 unspecified atom stereocenters. The van der Waals surface area contributed by atoms with Crippen molar-refractivity contribution in [2.45, 2.75) is 31.2 Å². The number of hydrogen-bond donors (Lipinski definition) is 0. The highest BCUT2D eigenvalue weighted by Gasteiger charge is 2.57. The summed E-state index contributed by atoms with van der Waals surface area (Å²) in [5.74, 6) is 2.63. The van der Waals surface area contributed by atoms with Gasteiger partial charge in [-0.1, -0.05) is 55.0 Å². The number of rotatable bonds is 4. The molecular formula is C31H32N2O4. The van der Waals surface area contributed by atoms with Crippen LogP contribution in [-0.4, -0.2) is 50.3 Å². The van der Waals surface area contributed by atoms with Crippen molar-refractivity contribution in [1.29, 1.82) is 0 Å². The highest BCUT2D eigenvalue weighted by atomic mass is 16.6. The average molecular weight is 497 g/mol. The van der Waals surface area contributed by atoms with Gasteiger partial charge in [-0.15, -0.1) is 0 Å². The van der Waals surface area contributed by atoms with Crippen molar-refractivity contribution in [2.24, 2.45) is 5.92 Å². The zero-order valence-electron chi connectivity index (χ0n) is 21.0. The predicted octanol–water partition coefficient (Wildman–Crippen LogP) is 4.79. The average Bonchev–Trinajstić information content (AvgIpc) is 3.30. The van der Waals surface area contributed by atoms with Gasteiger partial charge in [0.15, 0.2) is 11.5 Å². The van der Waals surface area contributed by atoms with Crippen LogP contribution in [0.3, 0.4) is 0 Å². The number of anilines is 1. The molecule has 6 nitrogen and oxygen atoms in total. The largest absolute Gasteiger partial charge is 0.491 e. The van der Waals surface area contributed by atoms with Gasteiger partial charge in [0.05, 0.1) is 0 Å². The summed E-state index contributed by atoms with van der Waals surface area (Å²) in [5.41, 5.74) is 3.45. The summed E-state index contributed by atoms with van der Waals surface area (Å²) in [5, 5.41) is 0. The van der Waals surface area contributed by atoms with Gasteiger partial charge in [-0.3, -0.25) is 9.69 Å². The van der Waals surface area contributed by atoms with Gasteiger partial charge in [-0.05, 0) is 48.6 Å². The molecule has 1 fully saturated rings. The molecule has 0 radical (unpaired) electrons. The fourth-order valence-corrected chi connectivity index (χ4v) is 6.60. The number of likely N-dealkylation sites (tertiary alicyclic amines) is 1. The quantitative estimate of drug-likeness (QED) is 0.520. The first-order chi connectivity index (χ1) is 18.2. The number of hydrogen-bond acceptors (Lipinski definition) is 5. The number of ether oxygens (including phenoxy) is 3. The van der Waals surface area contributed by atoms with Crippen LogP contribution in [0.25, 0.3) is 0 Å². The number of benzene rings is 3. The summed E-state index contributed by atoms with van der Waals surface area (Å²) in [7, 11) is 0. The van der Waals surface area contributed by atoms with E-state index in [9.17, 15) is 4.79 Å². The van der Waals surface area contributed by atoms with E-state index in [0.29, 0.717) is 37.2 Å². The minimum absolute atomic E-state index is 0.114. The molecule has 4 aliphatic heterocycles. The number of nitrogens with zero attached hydrogens (tertiary/aromatic N) is 2. The molecule has 4 aliphatic rings. The molecule has 4 heterocycles. The summed E-state index contributed by atoms with van der Waals surface area (Å²) in [6, 6.07) is 22.8. The van der Waals surface area contributed by atoms with E-state index >= 15 is 0 Å². The molecule has 0 N–H and O–H groups in total. The maximum absolute atomic E-state index is 14.4. The minimum Gasteiger partial charge on any atom is -0.491 e. The number of carbonyl (C=O) groups is 1. The summed E-state index contributed by atoms with van der Waals surface area (Å²) in [6.07, 6.45) is 3.53.